The maximum Gasteiger partial charge on any atom is 0.242 e. The van der Waals surface area contributed by atoms with E-state index in [1.807, 2.05) is 54.1 Å². The van der Waals surface area contributed by atoms with E-state index in [9.17, 15) is 4.79 Å². The topological polar surface area (TPSA) is 78.3 Å². The molecule has 1 aromatic heterocycles. The van der Waals surface area contributed by atoms with Gasteiger partial charge in [0.2, 0.25) is 5.91 Å². The number of nitrogens with zero attached hydrogens (tertiary/aromatic N) is 3. The normalized spacial score (nSPS) is 11.6. The second kappa shape index (κ2) is 11.1. The van der Waals surface area contributed by atoms with E-state index >= 15 is 0 Å². The predicted molar refractivity (Wildman–Crippen MR) is 133 cm³/mol. The predicted octanol–water partition coefficient (Wildman–Crippen LogP) is 5.53. The Bertz CT molecular complexity index is 1250. The minimum absolute atomic E-state index is 0.168. The Morgan fingerprint density at radius 2 is 1.74 bits per heavy atom. The van der Waals surface area contributed by atoms with Crippen LogP contribution in [0.5, 0.6) is 11.5 Å². The molecule has 1 unspecified atom stereocenters. The Balaban J connectivity index is 1.51. The number of thioether (sulfide) groups is 1. The Kier molecular flexibility index (Phi) is 7.72. The molecule has 0 saturated carbocycles. The van der Waals surface area contributed by atoms with E-state index in [1.54, 1.807) is 43.5 Å². The minimum Gasteiger partial charge on any atom is -0.497 e. The molecular weight excluding hydrogens is 472 g/mol. The molecule has 9 heteroatoms. The lowest BCUT2D eigenvalue weighted by atomic mass is 10.1. The molecule has 1 amide bonds. The molecule has 4 aromatic rings. The van der Waals surface area contributed by atoms with E-state index in [1.165, 1.54) is 11.8 Å². The van der Waals surface area contributed by atoms with Gasteiger partial charge in [0.25, 0.3) is 0 Å². The molecule has 1 heterocycles. The standard InChI is InChI=1S/C25H23ClN4O3S/c1-30-22(16-33-21-11-7-6-10-20(21)26)28-29-25(30)34-23(17-8-4-3-5-9-17)24(31)27-18-12-14-19(32-2)15-13-18/h3-15,23H,16H2,1-2H3,(H,27,31). The second-order valence-corrected chi connectivity index (χ2v) is 8.78. The summed E-state index contributed by atoms with van der Waals surface area (Å²) in [5.41, 5.74) is 1.54. The minimum atomic E-state index is -0.538. The second-order valence-electron chi connectivity index (χ2n) is 7.30. The summed E-state index contributed by atoms with van der Waals surface area (Å²) in [6.07, 6.45) is 0. The van der Waals surface area contributed by atoms with Crippen molar-refractivity contribution in [1.82, 2.24) is 14.8 Å². The zero-order valence-corrected chi connectivity index (χ0v) is 20.2. The van der Waals surface area contributed by atoms with Gasteiger partial charge in [-0.25, -0.2) is 0 Å². The fourth-order valence-corrected chi connectivity index (χ4v) is 4.38. The summed E-state index contributed by atoms with van der Waals surface area (Å²) in [6, 6.07) is 24.0. The molecular formula is C25H23ClN4O3S. The zero-order valence-electron chi connectivity index (χ0n) is 18.6. The largest absolute Gasteiger partial charge is 0.497 e. The van der Waals surface area contributed by atoms with Gasteiger partial charge in [-0.05, 0) is 42.0 Å². The van der Waals surface area contributed by atoms with Gasteiger partial charge in [-0.3, -0.25) is 4.79 Å². The Labute approximate surface area is 207 Å². The first-order valence-electron chi connectivity index (χ1n) is 10.5. The number of aromatic nitrogens is 3. The van der Waals surface area contributed by atoms with Crippen molar-refractivity contribution in [3.63, 3.8) is 0 Å². The SMILES string of the molecule is COc1ccc(NC(=O)C(Sc2nnc(COc3ccccc3Cl)n2C)c2ccccc2)cc1. The van der Waals surface area contributed by atoms with Crippen molar-refractivity contribution in [1.29, 1.82) is 0 Å². The first-order valence-corrected chi connectivity index (χ1v) is 11.7. The lowest BCUT2D eigenvalue weighted by molar-refractivity contribution is -0.115. The smallest absolute Gasteiger partial charge is 0.242 e. The number of hydrogen-bond donors (Lipinski definition) is 1. The summed E-state index contributed by atoms with van der Waals surface area (Å²) < 4.78 is 12.8. The van der Waals surface area contributed by atoms with Crippen molar-refractivity contribution in [2.75, 3.05) is 12.4 Å². The fraction of sp³-hybridized carbons (Fsp3) is 0.160. The fourth-order valence-electron chi connectivity index (χ4n) is 3.17. The summed E-state index contributed by atoms with van der Waals surface area (Å²) in [5, 5.41) is 12.1. The third kappa shape index (κ3) is 5.70. The highest BCUT2D eigenvalue weighted by Crippen LogP contribution is 2.35. The molecule has 0 saturated heterocycles. The van der Waals surface area contributed by atoms with Crippen molar-refractivity contribution >= 4 is 35.0 Å². The van der Waals surface area contributed by atoms with Crippen molar-refractivity contribution in [3.05, 3.63) is 95.3 Å². The van der Waals surface area contributed by atoms with Crippen molar-refractivity contribution < 1.29 is 14.3 Å². The van der Waals surface area contributed by atoms with Gasteiger partial charge in [-0.15, -0.1) is 10.2 Å². The molecule has 0 fully saturated rings. The number of carbonyl (C=O) groups is 1. The third-order valence-electron chi connectivity index (χ3n) is 5.04. The molecule has 4 rings (SSSR count). The zero-order chi connectivity index (χ0) is 23.9. The number of amides is 1. The highest BCUT2D eigenvalue weighted by molar-refractivity contribution is 8.00. The number of anilines is 1. The van der Waals surface area contributed by atoms with E-state index in [2.05, 4.69) is 15.5 Å². The maximum absolute atomic E-state index is 13.3. The molecule has 0 aliphatic heterocycles. The first kappa shape index (κ1) is 23.7. The monoisotopic (exact) mass is 494 g/mol. The van der Waals surface area contributed by atoms with Gasteiger partial charge in [0.05, 0.1) is 12.1 Å². The first-order chi connectivity index (χ1) is 16.5. The van der Waals surface area contributed by atoms with Gasteiger partial charge in [0.1, 0.15) is 23.4 Å². The van der Waals surface area contributed by atoms with Gasteiger partial charge in [-0.1, -0.05) is 65.8 Å². The van der Waals surface area contributed by atoms with Crippen LogP contribution in [0.4, 0.5) is 5.69 Å². The van der Waals surface area contributed by atoms with E-state index < -0.39 is 5.25 Å². The highest BCUT2D eigenvalue weighted by Gasteiger charge is 2.25. The number of methoxy groups -OCH3 is 1. The van der Waals surface area contributed by atoms with E-state index in [0.717, 1.165) is 11.3 Å². The molecule has 0 bridgehead atoms. The molecule has 174 valence electrons. The Hall–Kier alpha value is -3.49. The molecule has 7 nitrogen and oxygen atoms in total. The van der Waals surface area contributed by atoms with Crippen LogP contribution < -0.4 is 14.8 Å². The van der Waals surface area contributed by atoms with Crippen LogP contribution in [0.15, 0.2) is 84.0 Å². The summed E-state index contributed by atoms with van der Waals surface area (Å²) in [4.78, 5) is 13.3. The van der Waals surface area contributed by atoms with Gasteiger partial charge in [0, 0.05) is 12.7 Å². The highest BCUT2D eigenvalue weighted by atomic mass is 35.5. The van der Waals surface area contributed by atoms with Gasteiger partial charge < -0.3 is 19.4 Å². The van der Waals surface area contributed by atoms with Crippen LogP contribution in [0.2, 0.25) is 5.02 Å². The van der Waals surface area contributed by atoms with Crippen LogP contribution in [0.1, 0.15) is 16.6 Å². The number of ether oxygens (including phenoxy) is 2. The lowest BCUT2D eigenvalue weighted by Crippen LogP contribution is -2.19. The number of benzene rings is 3. The lowest BCUT2D eigenvalue weighted by Gasteiger charge is -2.17. The summed E-state index contributed by atoms with van der Waals surface area (Å²) in [7, 11) is 3.45. The number of hydrogen-bond acceptors (Lipinski definition) is 6. The van der Waals surface area contributed by atoms with E-state index in [0.29, 0.717) is 27.4 Å². The van der Waals surface area contributed by atoms with Crippen molar-refractivity contribution in [3.8, 4) is 11.5 Å². The number of rotatable bonds is 9. The summed E-state index contributed by atoms with van der Waals surface area (Å²) in [6.45, 7) is 0.196. The third-order valence-corrected chi connectivity index (χ3v) is 6.64. The Morgan fingerprint density at radius 3 is 2.44 bits per heavy atom. The average molecular weight is 495 g/mol. The molecule has 1 atom stereocenters. The molecule has 1 N–H and O–H groups in total. The molecule has 34 heavy (non-hydrogen) atoms. The molecule has 3 aromatic carbocycles. The van der Waals surface area contributed by atoms with Crippen LogP contribution in [-0.4, -0.2) is 27.8 Å². The maximum atomic E-state index is 13.3. The van der Waals surface area contributed by atoms with E-state index in [-0.39, 0.29) is 12.5 Å². The number of nitrogens with one attached hydrogen (secondary N) is 1. The number of carbonyl (C=O) groups excluding carboxylic acids is 1. The van der Waals surface area contributed by atoms with Crippen LogP contribution in [0.3, 0.4) is 0 Å². The van der Waals surface area contributed by atoms with E-state index in [4.69, 9.17) is 21.1 Å². The molecule has 0 spiro atoms. The van der Waals surface area contributed by atoms with Gasteiger partial charge >= 0.3 is 0 Å². The quantitative estimate of drug-likeness (QED) is 0.308. The molecule has 0 aliphatic carbocycles. The van der Waals surface area contributed by atoms with Gasteiger partial charge in [0.15, 0.2) is 11.0 Å². The van der Waals surface area contributed by atoms with Crippen molar-refractivity contribution in [2.45, 2.75) is 17.0 Å². The number of halogens is 1. The van der Waals surface area contributed by atoms with Gasteiger partial charge in [-0.2, -0.15) is 0 Å². The molecule has 0 aliphatic rings. The van der Waals surface area contributed by atoms with Crippen molar-refractivity contribution in [2.24, 2.45) is 7.05 Å². The van der Waals surface area contributed by atoms with Crippen LogP contribution in [0.25, 0.3) is 0 Å². The molecule has 0 radical (unpaired) electrons. The Morgan fingerprint density at radius 1 is 1.03 bits per heavy atom. The van der Waals surface area contributed by atoms with Crippen LogP contribution in [0, 0.1) is 0 Å². The average Bonchev–Trinajstić information content (AvgIpc) is 3.21. The van der Waals surface area contributed by atoms with Crippen LogP contribution in [-0.2, 0) is 18.4 Å². The van der Waals surface area contributed by atoms with Crippen LogP contribution >= 0.6 is 23.4 Å². The summed E-state index contributed by atoms with van der Waals surface area (Å²) in [5.74, 6) is 1.74. The summed E-state index contributed by atoms with van der Waals surface area (Å²) >= 11 is 7.49. The number of para-hydroxylation sites is 1.